The highest BCUT2D eigenvalue weighted by Crippen LogP contribution is 2.63. The van der Waals surface area contributed by atoms with Crippen molar-refractivity contribution in [2.45, 2.75) is 47.8 Å². The molecule has 2 bridgehead atoms. The average molecular weight is 559 g/mol. The monoisotopic (exact) mass is 558 g/mol. The van der Waals surface area contributed by atoms with Gasteiger partial charge in [0.15, 0.2) is 11.5 Å². The number of ether oxygens (including phenoxy) is 2. The standard InChI is InChI=1S/C31H30N2O6S/c1-32(27(34)13-8-20-14-17-38-19-20)24-11-10-23-25-18-21-9-12-26(37-2)29-28(21)31(23,30(24)39-29)15-16-33(25)40(35,36)22-6-4-3-5-7-22/h3-10,12-14,17,19,24-25,30H,11,15-16,18H2,1-2H3/b13-8-/t24-,25-,30+,31+/m1/s1. The lowest BCUT2D eigenvalue weighted by Crippen LogP contribution is -2.65. The van der Waals surface area contributed by atoms with Gasteiger partial charge in [-0.15, -0.1) is 0 Å². The number of benzene rings is 2. The Balaban J connectivity index is 1.32. The van der Waals surface area contributed by atoms with E-state index in [0.717, 1.165) is 28.0 Å². The predicted molar refractivity (Wildman–Crippen MR) is 149 cm³/mol. The van der Waals surface area contributed by atoms with E-state index in [1.54, 1.807) is 71.3 Å². The third-order valence-electron chi connectivity index (χ3n) is 9.05. The Kier molecular flexibility index (Phi) is 5.73. The van der Waals surface area contributed by atoms with Crippen LogP contribution in [0.1, 0.15) is 29.5 Å². The molecule has 8 nitrogen and oxygen atoms in total. The van der Waals surface area contributed by atoms with Gasteiger partial charge in [0, 0.05) is 30.8 Å². The lowest BCUT2D eigenvalue weighted by molar-refractivity contribution is -0.129. The Morgan fingerprint density at radius 3 is 2.75 bits per heavy atom. The first-order valence-corrected chi connectivity index (χ1v) is 14.9. The van der Waals surface area contributed by atoms with E-state index >= 15 is 0 Å². The minimum Gasteiger partial charge on any atom is -0.493 e. The molecule has 2 aliphatic heterocycles. The van der Waals surface area contributed by atoms with E-state index in [2.05, 4.69) is 6.08 Å². The first kappa shape index (κ1) is 25.2. The second kappa shape index (κ2) is 9.11. The number of carbonyl (C=O) groups excluding carboxylic acids is 1. The molecule has 7 rings (SSSR count). The minimum absolute atomic E-state index is 0.136. The molecule has 2 aliphatic carbocycles. The Morgan fingerprint density at radius 2 is 2.00 bits per heavy atom. The number of methoxy groups -OCH3 is 1. The van der Waals surface area contributed by atoms with Crippen molar-refractivity contribution in [3.8, 4) is 11.5 Å². The molecule has 3 aromatic rings. The summed E-state index contributed by atoms with van der Waals surface area (Å²) in [6, 6.07) is 13.8. The zero-order chi connectivity index (χ0) is 27.6. The third-order valence-corrected chi connectivity index (χ3v) is 11.0. The van der Waals surface area contributed by atoms with Crippen LogP contribution in [0.2, 0.25) is 0 Å². The van der Waals surface area contributed by atoms with Crippen LogP contribution in [0.4, 0.5) is 0 Å². The van der Waals surface area contributed by atoms with E-state index < -0.39 is 15.4 Å². The SMILES string of the molecule is COc1ccc2c3c1O[C@H]1[C@H](N(C)C(=O)/C=C\c4ccoc4)CC=C4[C@@H](C2)N(S(=O)(=O)c2ccccc2)CC[C@]431. The quantitative estimate of drug-likeness (QED) is 0.333. The maximum atomic E-state index is 13.9. The van der Waals surface area contributed by atoms with Crippen LogP contribution < -0.4 is 9.47 Å². The van der Waals surface area contributed by atoms with Crippen LogP contribution in [-0.4, -0.2) is 62.4 Å². The van der Waals surface area contributed by atoms with Gasteiger partial charge in [-0.3, -0.25) is 4.79 Å². The van der Waals surface area contributed by atoms with Gasteiger partial charge in [-0.05, 0) is 60.7 Å². The number of furan rings is 1. The number of piperidine rings is 1. The second-order valence-corrected chi connectivity index (χ2v) is 12.7. The number of sulfonamides is 1. The smallest absolute Gasteiger partial charge is 0.246 e. The number of hydrogen-bond donors (Lipinski definition) is 0. The van der Waals surface area contributed by atoms with Crippen molar-refractivity contribution in [1.82, 2.24) is 9.21 Å². The lowest BCUT2D eigenvalue weighted by atomic mass is 9.56. The molecule has 0 saturated carbocycles. The normalized spacial score (nSPS) is 26.6. The molecule has 1 saturated heterocycles. The van der Waals surface area contributed by atoms with Gasteiger partial charge in [-0.1, -0.05) is 30.3 Å². The molecule has 206 valence electrons. The molecule has 4 aliphatic rings. The molecule has 4 atom stereocenters. The van der Waals surface area contributed by atoms with Gasteiger partial charge >= 0.3 is 0 Å². The number of nitrogens with zero attached hydrogens (tertiary/aromatic N) is 2. The molecule has 0 N–H and O–H groups in total. The Morgan fingerprint density at radius 1 is 1.18 bits per heavy atom. The summed E-state index contributed by atoms with van der Waals surface area (Å²) in [7, 11) is -0.270. The van der Waals surface area contributed by atoms with Crippen molar-refractivity contribution in [1.29, 1.82) is 0 Å². The van der Waals surface area contributed by atoms with Crippen molar-refractivity contribution in [3.05, 3.63) is 95.5 Å². The number of carbonyl (C=O) groups is 1. The van der Waals surface area contributed by atoms with Crippen LogP contribution in [0.15, 0.2) is 88.1 Å². The van der Waals surface area contributed by atoms with Crippen LogP contribution in [0.25, 0.3) is 6.08 Å². The Bertz CT molecular complexity index is 1650. The van der Waals surface area contributed by atoms with E-state index in [1.165, 1.54) is 0 Å². The molecule has 0 unspecified atom stereocenters. The van der Waals surface area contributed by atoms with Gasteiger partial charge in [0.1, 0.15) is 6.10 Å². The summed E-state index contributed by atoms with van der Waals surface area (Å²) in [6.07, 6.45) is 9.93. The van der Waals surface area contributed by atoms with E-state index in [9.17, 15) is 13.2 Å². The maximum Gasteiger partial charge on any atom is 0.246 e. The molecule has 40 heavy (non-hydrogen) atoms. The molecule has 1 aromatic heterocycles. The fourth-order valence-corrected chi connectivity index (χ4v) is 8.86. The molecule has 2 aromatic carbocycles. The fourth-order valence-electron chi connectivity index (χ4n) is 7.24. The van der Waals surface area contributed by atoms with E-state index in [0.29, 0.717) is 36.5 Å². The van der Waals surface area contributed by atoms with E-state index in [-0.39, 0.29) is 24.1 Å². The van der Waals surface area contributed by atoms with Crippen molar-refractivity contribution >= 4 is 22.0 Å². The first-order valence-electron chi connectivity index (χ1n) is 13.5. The van der Waals surface area contributed by atoms with Gasteiger partial charge in [-0.2, -0.15) is 4.31 Å². The van der Waals surface area contributed by atoms with Crippen LogP contribution in [0, 0.1) is 0 Å². The van der Waals surface area contributed by atoms with Gasteiger partial charge in [-0.25, -0.2) is 8.42 Å². The zero-order valence-corrected chi connectivity index (χ0v) is 23.1. The van der Waals surface area contributed by atoms with Crippen LogP contribution in [-0.2, 0) is 26.7 Å². The topological polar surface area (TPSA) is 89.3 Å². The maximum absolute atomic E-state index is 13.9. The predicted octanol–water partition coefficient (Wildman–Crippen LogP) is 4.18. The van der Waals surface area contributed by atoms with Crippen molar-refractivity contribution in [2.24, 2.45) is 0 Å². The first-order chi connectivity index (χ1) is 19.4. The summed E-state index contributed by atoms with van der Waals surface area (Å²) in [5.41, 5.74) is 3.52. The third kappa shape index (κ3) is 3.47. The summed E-state index contributed by atoms with van der Waals surface area (Å²) in [4.78, 5) is 15.4. The highest BCUT2D eigenvalue weighted by molar-refractivity contribution is 7.89. The van der Waals surface area contributed by atoms with Gasteiger partial charge < -0.3 is 18.8 Å². The summed E-state index contributed by atoms with van der Waals surface area (Å²) in [6.45, 7) is 0.361. The Hall–Kier alpha value is -3.82. The summed E-state index contributed by atoms with van der Waals surface area (Å²) in [5.74, 6) is 1.24. The van der Waals surface area contributed by atoms with Gasteiger partial charge in [0.25, 0.3) is 0 Å². The molecule has 1 amide bonds. The highest BCUT2D eigenvalue weighted by Gasteiger charge is 2.64. The summed E-state index contributed by atoms with van der Waals surface area (Å²) < 4.78 is 47.0. The molecule has 3 heterocycles. The molecular formula is C31H30N2O6S. The molecule has 0 radical (unpaired) electrons. The van der Waals surface area contributed by atoms with Gasteiger partial charge in [0.05, 0.1) is 42.0 Å². The molecule has 1 spiro atoms. The number of rotatable bonds is 6. The largest absolute Gasteiger partial charge is 0.493 e. The van der Waals surface area contributed by atoms with Crippen molar-refractivity contribution in [2.75, 3.05) is 20.7 Å². The highest BCUT2D eigenvalue weighted by atomic mass is 32.2. The van der Waals surface area contributed by atoms with Crippen molar-refractivity contribution < 1.29 is 27.1 Å². The molecule has 1 fully saturated rings. The second-order valence-electron chi connectivity index (χ2n) is 10.8. The van der Waals surface area contributed by atoms with Crippen LogP contribution >= 0.6 is 0 Å². The minimum atomic E-state index is -3.71. The average Bonchev–Trinajstić information content (AvgIpc) is 3.61. The lowest BCUT2D eigenvalue weighted by Gasteiger charge is -2.55. The van der Waals surface area contributed by atoms with E-state index in [4.69, 9.17) is 13.9 Å². The summed E-state index contributed by atoms with van der Waals surface area (Å²) >= 11 is 0. The number of hydrogen-bond acceptors (Lipinski definition) is 6. The number of amides is 1. The van der Waals surface area contributed by atoms with Gasteiger partial charge in [0.2, 0.25) is 15.9 Å². The van der Waals surface area contributed by atoms with Crippen molar-refractivity contribution in [3.63, 3.8) is 0 Å². The van der Waals surface area contributed by atoms with E-state index in [1.807, 2.05) is 25.2 Å². The Labute approximate surface area is 233 Å². The van der Waals surface area contributed by atoms with Crippen LogP contribution in [0.5, 0.6) is 11.5 Å². The summed E-state index contributed by atoms with van der Waals surface area (Å²) in [5, 5.41) is 0. The van der Waals surface area contributed by atoms with Crippen LogP contribution in [0.3, 0.4) is 0 Å². The molecule has 9 heteroatoms. The fraction of sp³-hybridized carbons (Fsp3) is 0.323. The zero-order valence-electron chi connectivity index (χ0n) is 22.3. The number of likely N-dealkylation sites (N-methyl/N-ethyl adjacent to an activating group) is 1. The molecular weight excluding hydrogens is 528 g/mol.